The summed E-state index contributed by atoms with van der Waals surface area (Å²) in [5.74, 6) is -2.54. The van der Waals surface area contributed by atoms with Crippen LogP contribution in [0.3, 0.4) is 0 Å². The molecule has 1 N–H and O–H groups in total. The zero-order valence-electron chi connectivity index (χ0n) is 16.7. The van der Waals surface area contributed by atoms with Crippen LogP contribution in [0.2, 0.25) is 0 Å². The zero-order chi connectivity index (χ0) is 21.7. The number of rotatable bonds is 7. The monoisotopic (exact) mass is 406 g/mol. The van der Waals surface area contributed by atoms with E-state index < -0.39 is 29.5 Å². The number of carbonyl (C=O) groups excluding carboxylic acids is 2. The molecule has 0 saturated heterocycles. The number of nitro benzene ring substituents is 1. The highest BCUT2D eigenvalue weighted by atomic mass is 19.1. The lowest BCUT2D eigenvalue weighted by molar-refractivity contribution is -0.384. The first-order chi connectivity index (χ1) is 13.7. The summed E-state index contributed by atoms with van der Waals surface area (Å²) >= 11 is 0. The second-order valence-electron chi connectivity index (χ2n) is 6.96. The predicted octanol–water partition coefficient (Wildman–Crippen LogP) is 3.15. The van der Waals surface area contributed by atoms with Crippen molar-refractivity contribution in [3.05, 3.63) is 62.5 Å². The van der Waals surface area contributed by atoms with E-state index >= 15 is 0 Å². The number of benzene rings is 1. The fraction of sp³-hybridized carbons (Fsp3) is 0.400. The SMILES string of the molecule is COC(=O)C1=C(CF)NC(C)=C(C(=O)OCC(C)C)C1c1cccc([N+](=O)[O-])c1. The number of hydrogen-bond acceptors (Lipinski definition) is 7. The molecule has 2 rings (SSSR count). The topological polar surface area (TPSA) is 108 Å². The Morgan fingerprint density at radius 3 is 2.52 bits per heavy atom. The third-order valence-electron chi connectivity index (χ3n) is 4.37. The number of halogens is 1. The highest BCUT2D eigenvalue weighted by Crippen LogP contribution is 2.40. The standard InChI is InChI=1S/C20H23FN2O6/c1-11(2)10-29-20(25)16-12(3)22-15(9-21)18(19(24)28-4)17(16)13-6-5-7-14(8-13)23(26)27/h5-8,11,17,22H,9-10H2,1-4H3. The molecule has 0 amide bonds. The van der Waals surface area contributed by atoms with E-state index in [2.05, 4.69) is 5.32 Å². The maximum Gasteiger partial charge on any atom is 0.336 e. The lowest BCUT2D eigenvalue weighted by atomic mass is 9.80. The van der Waals surface area contributed by atoms with E-state index in [9.17, 15) is 24.1 Å². The van der Waals surface area contributed by atoms with Gasteiger partial charge in [-0.2, -0.15) is 0 Å². The Hall–Kier alpha value is -3.23. The van der Waals surface area contributed by atoms with Crippen LogP contribution >= 0.6 is 0 Å². The van der Waals surface area contributed by atoms with Crippen molar-refractivity contribution < 1.29 is 28.4 Å². The second kappa shape index (κ2) is 9.31. The van der Waals surface area contributed by atoms with Gasteiger partial charge < -0.3 is 14.8 Å². The third-order valence-corrected chi connectivity index (χ3v) is 4.37. The number of ether oxygens (including phenoxy) is 2. The van der Waals surface area contributed by atoms with Gasteiger partial charge in [0, 0.05) is 17.8 Å². The Balaban J connectivity index is 2.67. The van der Waals surface area contributed by atoms with Gasteiger partial charge in [-0.25, -0.2) is 14.0 Å². The van der Waals surface area contributed by atoms with Crippen molar-refractivity contribution in [3.8, 4) is 0 Å². The van der Waals surface area contributed by atoms with Crippen molar-refractivity contribution >= 4 is 17.6 Å². The Labute approximate surface area is 167 Å². The number of allylic oxidation sites excluding steroid dienone is 2. The molecule has 1 heterocycles. The molecular formula is C20H23FN2O6. The van der Waals surface area contributed by atoms with E-state index in [1.165, 1.54) is 24.3 Å². The number of carbonyl (C=O) groups is 2. The second-order valence-corrected chi connectivity index (χ2v) is 6.96. The lowest BCUT2D eigenvalue weighted by Gasteiger charge is -2.30. The smallest absolute Gasteiger partial charge is 0.336 e. The summed E-state index contributed by atoms with van der Waals surface area (Å²) in [7, 11) is 1.14. The van der Waals surface area contributed by atoms with Gasteiger partial charge in [-0.1, -0.05) is 26.0 Å². The van der Waals surface area contributed by atoms with Gasteiger partial charge in [-0.15, -0.1) is 0 Å². The van der Waals surface area contributed by atoms with Crippen LogP contribution in [0.4, 0.5) is 10.1 Å². The number of nitro groups is 1. The summed E-state index contributed by atoms with van der Waals surface area (Å²) in [5.41, 5.74) is 0.241. The number of methoxy groups -OCH3 is 1. The summed E-state index contributed by atoms with van der Waals surface area (Å²) in [6.07, 6.45) is 0. The van der Waals surface area contributed by atoms with E-state index in [0.717, 1.165) is 7.11 Å². The quantitative estimate of drug-likeness (QED) is 0.421. The molecule has 1 unspecified atom stereocenters. The minimum Gasteiger partial charge on any atom is -0.466 e. The number of non-ortho nitro benzene ring substituents is 1. The maximum atomic E-state index is 13.7. The highest BCUT2D eigenvalue weighted by Gasteiger charge is 2.39. The summed E-state index contributed by atoms with van der Waals surface area (Å²) in [4.78, 5) is 36.0. The summed E-state index contributed by atoms with van der Waals surface area (Å²) in [5, 5.41) is 13.9. The molecule has 0 aliphatic carbocycles. The van der Waals surface area contributed by atoms with Gasteiger partial charge in [0.05, 0.1) is 41.4 Å². The molecular weight excluding hydrogens is 383 g/mol. The predicted molar refractivity (Wildman–Crippen MR) is 102 cm³/mol. The van der Waals surface area contributed by atoms with Crippen LogP contribution in [-0.2, 0) is 19.1 Å². The molecule has 1 aromatic rings. The van der Waals surface area contributed by atoms with Crippen molar-refractivity contribution in [1.29, 1.82) is 0 Å². The number of hydrogen-bond donors (Lipinski definition) is 1. The Bertz CT molecular complexity index is 891. The molecule has 0 spiro atoms. The van der Waals surface area contributed by atoms with Gasteiger partial charge in [0.15, 0.2) is 0 Å². The molecule has 0 fully saturated rings. The zero-order valence-corrected chi connectivity index (χ0v) is 16.7. The van der Waals surface area contributed by atoms with Crippen LogP contribution in [0.1, 0.15) is 32.3 Å². The average molecular weight is 406 g/mol. The van der Waals surface area contributed by atoms with Crippen LogP contribution < -0.4 is 5.32 Å². The average Bonchev–Trinajstić information content (AvgIpc) is 2.70. The molecule has 0 bridgehead atoms. The Kier molecular flexibility index (Phi) is 7.08. The maximum absolute atomic E-state index is 13.7. The van der Waals surface area contributed by atoms with Crippen LogP contribution in [0.25, 0.3) is 0 Å². The van der Waals surface area contributed by atoms with Crippen molar-refractivity contribution in [1.82, 2.24) is 5.32 Å². The van der Waals surface area contributed by atoms with E-state index in [-0.39, 0.29) is 40.6 Å². The number of dihydropyridines is 1. The van der Waals surface area contributed by atoms with Crippen LogP contribution in [0, 0.1) is 16.0 Å². The fourth-order valence-corrected chi connectivity index (χ4v) is 3.09. The molecule has 8 nitrogen and oxygen atoms in total. The summed E-state index contributed by atoms with van der Waals surface area (Å²) in [6, 6.07) is 5.50. The van der Waals surface area contributed by atoms with E-state index in [1.54, 1.807) is 6.92 Å². The van der Waals surface area contributed by atoms with Crippen molar-refractivity contribution in [2.24, 2.45) is 5.92 Å². The van der Waals surface area contributed by atoms with Crippen LogP contribution in [0.15, 0.2) is 46.8 Å². The Morgan fingerprint density at radius 1 is 1.28 bits per heavy atom. The summed E-state index contributed by atoms with van der Waals surface area (Å²) < 4.78 is 23.8. The molecule has 0 radical (unpaired) electrons. The molecule has 9 heteroatoms. The van der Waals surface area contributed by atoms with Crippen molar-refractivity contribution in [2.75, 3.05) is 20.4 Å². The van der Waals surface area contributed by atoms with Gasteiger partial charge in [0.1, 0.15) is 6.67 Å². The fourth-order valence-electron chi connectivity index (χ4n) is 3.09. The van der Waals surface area contributed by atoms with Gasteiger partial charge in [-0.05, 0) is 18.4 Å². The highest BCUT2D eigenvalue weighted by molar-refractivity contribution is 6.00. The molecule has 1 aliphatic rings. The van der Waals surface area contributed by atoms with Gasteiger partial charge in [0.2, 0.25) is 0 Å². The Morgan fingerprint density at radius 2 is 1.97 bits per heavy atom. The van der Waals surface area contributed by atoms with Crippen molar-refractivity contribution in [2.45, 2.75) is 26.7 Å². The third kappa shape index (κ3) is 4.79. The summed E-state index contributed by atoms with van der Waals surface area (Å²) in [6.45, 7) is 4.42. The molecule has 29 heavy (non-hydrogen) atoms. The van der Waals surface area contributed by atoms with Crippen LogP contribution in [-0.4, -0.2) is 37.3 Å². The van der Waals surface area contributed by atoms with Crippen molar-refractivity contribution in [3.63, 3.8) is 0 Å². The minimum atomic E-state index is -1.07. The van der Waals surface area contributed by atoms with E-state index in [1.807, 2.05) is 13.8 Å². The first-order valence-corrected chi connectivity index (χ1v) is 8.97. The molecule has 1 aromatic carbocycles. The number of esters is 2. The molecule has 156 valence electrons. The first kappa shape index (κ1) is 22.1. The molecule has 1 aliphatic heterocycles. The van der Waals surface area contributed by atoms with Gasteiger partial charge >= 0.3 is 11.9 Å². The minimum absolute atomic E-state index is 0.0636. The first-order valence-electron chi connectivity index (χ1n) is 8.97. The van der Waals surface area contributed by atoms with E-state index in [0.29, 0.717) is 5.70 Å². The number of alkyl halides is 1. The van der Waals surface area contributed by atoms with Gasteiger partial charge in [0.25, 0.3) is 5.69 Å². The largest absolute Gasteiger partial charge is 0.466 e. The molecule has 0 aromatic heterocycles. The lowest BCUT2D eigenvalue weighted by Crippen LogP contribution is -2.34. The van der Waals surface area contributed by atoms with E-state index in [4.69, 9.17) is 9.47 Å². The van der Waals surface area contributed by atoms with Gasteiger partial charge in [-0.3, -0.25) is 10.1 Å². The number of nitrogens with one attached hydrogen (secondary N) is 1. The van der Waals surface area contributed by atoms with Crippen LogP contribution in [0.5, 0.6) is 0 Å². The molecule has 1 atom stereocenters. The molecule has 0 saturated carbocycles. The number of nitrogens with zero attached hydrogens (tertiary/aromatic N) is 1. The normalized spacial score (nSPS) is 16.6.